The highest BCUT2D eigenvalue weighted by Crippen LogP contribution is 2.10. The largest absolute Gasteiger partial charge is 0.381 e. The van der Waals surface area contributed by atoms with Crippen LogP contribution in [0.5, 0.6) is 0 Å². The minimum atomic E-state index is -0.416. The maximum absolute atomic E-state index is 11.0. The predicted molar refractivity (Wildman–Crippen MR) is 64.8 cm³/mol. The number of methoxy groups -OCH3 is 1. The van der Waals surface area contributed by atoms with Gasteiger partial charge in [-0.05, 0) is 25.3 Å². The molecule has 0 bridgehead atoms. The Labute approximate surface area is 102 Å². The molecular formula is C13H19NO3. The van der Waals surface area contributed by atoms with Gasteiger partial charge in [0.15, 0.2) is 0 Å². The molecular weight excluding hydrogens is 218 g/mol. The first-order chi connectivity index (χ1) is 8.15. The molecule has 1 aromatic rings. The van der Waals surface area contributed by atoms with E-state index < -0.39 is 5.91 Å². The fraction of sp³-hybridized carbons (Fsp3) is 0.462. The maximum atomic E-state index is 11.0. The summed E-state index contributed by atoms with van der Waals surface area (Å²) in [5, 5.41) is 8.44. The second kappa shape index (κ2) is 7.04. The average molecular weight is 237 g/mol. The number of hydrogen-bond donors (Lipinski definition) is 2. The topological polar surface area (TPSA) is 58.6 Å². The van der Waals surface area contributed by atoms with Crippen molar-refractivity contribution in [2.45, 2.75) is 32.3 Å². The molecule has 1 rings (SSSR count). The van der Waals surface area contributed by atoms with Crippen LogP contribution < -0.4 is 5.48 Å². The summed E-state index contributed by atoms with van der Waals surface area (Å²) in [5.74, 6) is -0.416. The van der Waals surface area contributed by atoms with Gasteiger partial charge < -0.3 is 4.74 Å². The Hall–Kier alpha value is -1.39. The number of carbonyl (C=O) groups excluding carboxylic acids is 1. The number of hydroxylamine groups is 1. The van der Waals surface area contributed by atoms with Crippen LogP contribution in [0.25, 0.3) is 0 Å². The molecule has 4 nitrogen and oxygen atoms in total. The van der Waals surface area contributed by atoms with Gasteiger partial charge in [-0.1, -0.05) is 29.8 Å². The van der Waals surface area contributed by atoms with Crippen molar-refractivity contribution in [3.8, 4) is 0 Å². The van der Waals surface area contributed by atoms with Crippen molar-refractivity contribution in [1.29, 1.82) is 0 Å². The van der Waals surface area contributed by atoms with Crippen molar-refractivity contribution in [3.05, 3.63) is 35.4 Å². The molecule has 1 atom stereocenters. The zero-order valence-electron chi connectivity index (χ0n) is 10.3. The minimum Gasteiger partial charge on any atom is -0.381 e. The van der Waals surface area contributed by atoms with E-state index >= 15 is 0 Å². The highest BCUT2D eigenvalue weighted by Gasteiger charge is 2.12. The molecule has 94 valence electrons. The van der Waals surface area contributed by atoms with Crippen LogP contribution in [0.1, 0.15) is 24.0 Å². The Balaban J connectivity index is 2.42. The molecule has 1 aromatic carbocycles. The number of ether oxygens (including phenoxy) is 1. The number of hydrogen-bond acceptors (Lipinski definition) is 3. The molecule has 1 unspecified atom stereocenters. The number of carbonyl (C=O) groups is 1. The van der Waals surface area contributed by atoms with Crippen LogP contribution in [0.2, 0.25) is 0 Å². The molecule has 0 saturated carbocycles. The highest BCUT2D eigenvalue weighted by molar-refractivity contribution is 5.75. The zero-order valence-corrected chi connectivity index (χ0v) is 10.3. The lowest BCUT2D eigenvalue weighted by molar-refractivity contribution is -0.131. The van der Waals surface area contributed by atoms with Gasteiger partial charge in [-0.15, -0.1) is 0 Å². The van der Waals surface area contributed by atoms with Crippen LogP contribution in [-0.4, -0.2) is 24.3 Å². The zero-order chi connectivity index (χ0) is 12.7. The predicted octanol–water partition coefficient (Wildman–Crippen LogP) is 1.84. The van der Waals surface area contributed by atoms with Crippen LogP contribution in [0, 0.1) is 6.92 Å². The third-order valence-corrected chi connectivity index (χ3v) is 2.75. The smallest absolute Gasteiger partial charge is 0.245 e. The lowest BCUT2D eigenvalue weighted by Crippen LogP contribution is -2.25. The summed E-state index contributed by atoms with van der Waals surface area (Å²) in [6.07, 6.45) is 1.63. The van der Waals surface area contributed by atoms with Crippen LogP contribution in [0.4, 0.5) is 0 Å². The molecule has 1 amide bonds. The average Bonchev–Trinajstić information content (AvgIpc) is 2.36. The van der Waals surface area contributed by atoms with Crippen molar-refractivity contribution >= 4 is 5.91 Å². The molecule has 0 fully saturated rings. The monoisotopic (exact) mass is 237 g/mol. The Morgan fingerprint density at radius 1 is 1.41 bits per heavy atom. The molecule has 0 aliphatic heterocycles. The minimum absolute atomic E-state index is 0.163. The Morgan fingerprint density at radius 3 is 2.59 bits per heavy atom. The molecule has 0 aliphatic carbocycles. The fourth-order valence-corrected chi connectivity index (χ4v) is 1.64. The standard InChI is InChI=1S/C13H19NO3/c1-10-3-5-11(6-4-10)7-8-12(17-2)9-13(15)14-16/h3-6,12,16H,7-9H2,1-2H3,(H,14,15). The summed E-state index contributed by atoms with van der Waals surface area (Å²) >= 11 is 0. The fourth-order valence-electron chi connectivity index (χ4n) is 1.64. The molecule has 0 aliphatic rings. The van der Waals surface area contributed by atoms with Crippen LogP contribution in [0.3, 0.4) is 0 Å². The number of rotatable bonds is 6. The summed E-state index contributed by atoms with van der Waals surface area (Å²) in [6.45, 7) is 2.05. The third kappa shape index (κ3) is 4.97. The Bertz CT molecular complexity index is 348. The summed E-state index contributed by atoms with van der Waals surface area (Å²) in [4.78, 5) is 11.0. The summed E-state index contributed by atoms with van der Waals surface area (Å²) in [6, 6.07) is 8.29. The normalized spacial score (nSPS) is 12.2. The van der Waals surface area contributed by atoms with E-state index in [0.717, 1.165) is 12.8 Å². The van der Waals surface area contributed by atoms with Gasteiger partial charge in [-0.2, -0.15) is 0 Å². The quantitative estimate of drug-likeness (QED) is 0.586. The van der Waals surface area contributed by atoms with E-state index in [0.29, 0.717) is 0 Å². The molecule has 0 aromatic heterocycles. The van der Waals surface area contributed by atoms with Gasteiger partial charge in [-0.3, -0.25) is 10.0 Å². The van der Waals surface area contributed by atoms with E-state index in [1.54, 1.807) is 12.6 Å². The maximum Gasteiger partial charge on any atom is 0.245 e. The van der Waals surface area contributed by atoms with Gasteiger partial charge >= 0.3 is 0 Å². The summed E-state index contributed by atoms with van der Waals surface area (Å²) < 4.78 is 5.20. The van der Waals surface area contributed by atoms with Crippen LogP contribution >= 0.6 is 0 Å². The van der Waals surface area contributed by atoms with Crippen molar-refractivity contribution < 1.29 is 14.7 Å². The van der Waals surface area contributed by atoms with Gasteiger partial charge in [0.2, 0.25) is 5.91 Å². The summed E-state index contributed by atoms with van der Waals surface area (Å²) in [7, 11) is 1.57. The second-order valence-corrected chi connectivity index (χ2v) is 4.12. The molecule has 4 heteroatoms. The number of aryl methyl sites for hydroxylation is 2. The molecule has 0 heterocycles. The highest BCUT2D eigenvalue weighted by atomic mass is 16.5. The molecule has 0 radical (unpaired) electrons. The van der Waals surface area contributed by atoms with Crippen molar-refractivity contribution in [1.82, 2.24) is 5.48 Å². The SMILES string of the molecule is COC(CCc1ccc(C)cc1)CC(=O)NO. The Kier molecular flexibility index (Phi) is 5.66. The van der Waals surface area contributed by atoms with Crippen LogP contribution in [0.15, 0.2) is 24.3 Å². The van der Waals surface area contributed by atoms with Gasteiger partial charge in [0.25, 0.3) is 0 Å². The van der Waals surface area contributed by atoms with Gasteiger partial charge in [0, 0.05) is 7.11 Å². The van der Waals surface area contributed by atoms with Crippen molar-refractivity contribution in [2.75, 3.05) is 7.11 Å². The third-order valence-electron chi connectivity index (χ3n) is 2.75. The number of amides is 1. The van der Waals surface area contributed by atoms with E-state index in [2.05, 4.69) is 24.3 Å². The molecule has 2 N–H and O–H groups in total. The second-order valence-electron chi connectivity index (χ2n) is 4.12. The van der Waals surface area contributed by atoms with E-state index in [1.165, 1.54) is 11.1 Å². The van der Waals surface area contributed by atoms with Gasteiger partial charge in [0.05, 0.1) is 12.5 Å². The summed E-state index contributed by atoms with van der Waals surface area (Å²) in [5.41, 5.74) is 4.07. The van der Waals surface area contributed by atoms with Crippen LogP contribution in [-0.2, 0) is 16.0 Å². The molecule has 17 heavy (non-hydrogen) atoms. The Morgan fingerprint density at radius 2 is 2.06 bits per heavy atom. The lowest BCUT2D eigenvalue weighted by Gasteiger charge is -2.13. The first-order valence-corrected chi connectivity index (χ1v) is 5.67. The number of nitrogens with one attached hydrogen (secondary N) is 1. The van der Waals surface area contributed by atoms with Gasteiger partial charge in [-0.25, -0.2) is 5.48 Å². The van der Waals surface area contributed by atoms with Gasteiger partial charge in [0.1, 0.15) is 0 Å². The first kappa shape index (κ1) is 13.7. The van der Waals surface area contributed by atoms with E-state index in [-0.39, 0.29) is 12.5 Å². The van der Waals surface area contributed by atoms with E-state index in [4.69, 9.17) is 9.94 Å². The first-order valence-electron chi connectivity index (χ1n) is 5.67. The lowest BCUT2D eigenvalue weighted by atomic mass is 10.0. The van der Waals surface area contributed by atoms with E-state index in [9.17, 15) is 4.79 Å². The molecule has 0 spiro atoms. The van der Waals surface area contributed by atoms with Crippen molar-refractivity contribution in [3.63, 3.8) is 0 Å². The number of benzene rings is 1. The molecule has 0 saturated heterocycles. The van der Waals surface area contributed by atoms with Crippen molar-refractivity contribution in [2.24, 2.45) is 0 Å². The van der Waals surface area contributed by atoms with E-state index in [1.807, 2.05) is 6.92 Å².